The lowest BCUT2D eigenvalue weighted by Gasteiger charge is -2.23. The van der Waals surface area contributed by atoms with Crippen molar-refractivity contribution in [3.63, 3.8) is 0 Å². The molecule has 1 fully saturated rings. The second-order valence-corrected chi connectivity index (χ2v) is 10.0. The molecule has 2 aromatic carbocycles. The Bertz CT molecular complexity index is 1230. The summed E-state index contributed by atoms with van der Waals surface area (Å²) in [6.45, 7) is 0.496. The molecule has 0 unspecified atom stereocenters. The molecule has 1 aliphatic carbocycles. The molecule has 1 aromatic heterocycles. The van der Waals surface area contributed by atoms with E-state index >= 15 is 0 Å². The SMILES string of the molecule is COc1ccc(C(=O)N(Cc2cccnc2)C2CC2)cc1S(=O)(=O)NCc1ccc(Cl)cc1. The maximum atomic E-state index is 13.4. The van der Waals surface area contributed by atoms with Crippen molar-refractivity contribution >= 4 is 27.5 Å². The van der Waals surface area contributed by atoms with Crippen molar-refractivity contribution in [1.82, 2.24) is 14.6 Å². The van der Waals surface area contributed by atoms with Crippen molar-refractivity contribution in [2.45, 2.75) is 36.9 Å². The minimum absolute atomic E-state index is 0.0794. The Morgan fingerprint density at radius 1 is 1.15 bits per heavy atom. The second-order valence-electron chi connectivity index (χ2n) is 7.84. The zero-order chi connectivity index (χ0) is 23.4. The maximum Gasteiger partial charge on any atom is 0.254 e. The molecular weight excluding hydrogens is 462 g/mol. The highest BCUT2D eigenvalue weighted by Crippen LogP contribution is 2.31. The number of methoxy groups -OCH3 is 1. The van der Waals surface area contributed by atoms with E-state index in [9.17, 15) is 13.2 Å². The van der Waals surface area contributed by atoms with Crippen LogP contribution in [0, 0.1) is 0 Å². The fourth-order valence-electron chi connectivity index (χ4n) is 3.49. The Morgan fingerprint density at radius 2 is 1.91 bits per heavy atom. The fourth-order valence-corrected chi connectivity index (χ4v) is 4.82. The first-order valence-electron chi connectivity index (χ1n) is 10.5. The van der Waals surface area contributed by atoms with Gasteiger partial charge >= 0.3 is 0 Å². The van der Waals surface area contributed by atoms with Crippen LogP contribution in [0.25, 0.3) is 0 Å². The average Bonchev–Trinajstić information content (AvgIpc) is 3.67. The van der Waals surface area contributed by atoms with Gasteiger partial charge in [-0.25, -0.2) is 13.1 Å². The number of rotatable bonds is 9. The highest BCUT2D eigenvalue weighted by molar-refractivity contribution is 7.89. The smallest absolute Gasteiger partial charge is 0.254 e. The Labute approximate surface area is 198 Å². The fraction of sp³-hybridized carbons (Fsp3) is 0.250. The van der Waals surface area contributed by atoms with Gasteiger partial charge in [0.25, 0.3) is 5.91 Å². The first-order chi connectivity index (χ1) is 15.9. The summed E-state index contributed by atoms with van der Waals surface area (Å²) < 4.78 is 34.0. The van der Waals surface area contributed by atoms with E-state index in [4.69, 9.17) is 16.3 Å². The van der Waals surface area contributed by atoms with Crippen molar-refractivity contribution in [1.29, 1.82) is 0 Å². The number of ether oxygens (including phenoxy) is 1. The van der Waals surface area contributed by atoms with Gasteiger partial charge in [-0.15, -0.1) is 0 Å². The third kappa shape index (κ3) is 5.71. The number of hydrogen-bond acceptors (Lipinski definition) is 5. The van der Waals surface area contributed by atoms with E-state index in [1.807, 2.05) is 12.1 Å². The van der Waals surface area contributed by atoms with E-state index in [2.05, 4.69) is 9.71 Å². The molecule has 0 spiro atoms. The predicted octanol–water partition coefficient (Wildman–Crippen LogP) is 4.03. The van der Waals surface area contributed by atoms with Crippen LogP contribution >= 0.6 is 11.6 Å². The number of pyridine rings is 1. The van der Waals surface area contributed by atoms with Crippen LogP contribution in [-0.2, 0) is 23.1 Å². The van der Waals surface area contributed by atoms with Crippen molar-refractivity contribution in [3.8, 4) is 5.75 Å². The van der Waals surface area contributed by atoms with E-state index in [-0.39, 0.29) is 29.1 Å². The lowest BCUT2D eigenvalue weighted by molar-refractivity contribution is 0.0729. The van der Waals surface area contributed by atoms with Crippen LogP contribution < -0.4 is 9.46 Å². The molecule has 0 radical (unpaired) electrons. The minimum atomic E-state index is -3.95. The topological polar surface area (TPSA) is 88.6 Å². The quantitative estimate of drug-likeness (QED) is 0.494. The normalized spacial score (nSPS) is 13.5. The summed E-state index contributed by atoms with van der Waals surface area (Å²) in [5.74, 6) is -0.0569. The van der Waals surface area contributed by atoms with Gasteiger partial charge in [-0.3, -0.25) is 9.78 Å². The van der Waals surface area contributed by atoms with Crippen LogP contribution in [0.1, 0.15) is 34.3 Å². The lowest BCUT2D eigenvalue weighted by atomic mass is 10.1. The molecule has 3 aromatic rings. The van der Waals surface area contributed by atoms with Gasteiger partial charge in [0.1, 0.15) is 10.6 Å². The number of sulfonamides is 1. The van der Waals surface area contributed by atoms with E-state index in [1.165, 1.54) is 19.2 Å². The van der Waals surface area contributed by atoms with Gasteiger partial charge < -0.3 is 9.64 Å². The number of hydrogen-bond donors (Lipinski definition) is 1. The molecule has 33 heavy (non-hydrogen) atoms. The number of nitrogens with zero attached hydrogens (tertiary/aromatic N) is 2. The highest BCUT2D eigenvalue weighted by Gasteiger charge is 2.34. The number of carbonyl (C=O) groups excluding carboxylic acids is 1. The molecule has 1 saturated carbocycles. The molecular formula is C24H24ClN3O4S. The van der Waals surface area contributed by atoms with Gasteiger partial charge in [0, 0.05) is 42.1 Å². The highest BCUT2D eigenvalue weighted by atomic mass is 35.5. The maximum absolute atomic E-state index is 13.4. The molecule has 0 atom stereocenters. The van der Waals surface area contributed by atoms with Gasteiger partial charge in [-0.2, -0.15) is 0 Å². The molecule has 9 heteroatoms. The molecule has 1 amide bonds. The van der Waals surface area contributed by atoms with E-state index in [0.717, 1.165) is 24.0 Å². The summed E-state index contributed by atoms with van der Waals surface area (Å²) in [6, 6.07) is 15.3. The average molecular weight is 486 g/mol. The van der Waals surface area contributed by atoms with Crippen LogP contribution in [0.2, 0.25) is 5.02 Å². The van der Waals surface area contributed by atoms with Crippen LogP contribution in [0.3, 0.4) is 0 Å². The number of aromatic nitrogens is 1. The van der Waals surface area contributed by atoms with E-state index in [0.29, 0.717) is 17.1 Å². The minimum Gasteiger partial charge on any atom is -0.495 e. The predicted molar refractivity (Wildman–Crippen MR) is 126 cm³/mol. The van der Waals surface area contributed by atoms with Gasteiger partial charge in [-0.05, 0) is 60.4 Å². The molecule has 172 valence electrons. The monoisotopic (exact) mass is 485 g/mol. The van der Waals surface area contributed by atoms with Gasteiger partial charge in [-0.1, -0.05) is 29.8 Å². The van der Waals surface area contributed by atoms with Crippen molar-refractivity contribution < 1.29 is 17.9 Å². The number of amides is 1. The van der Waals surface area contributed by atoms with Gasteiger partial charge in [0.15, 0.2) is 0 Å². The summed E-state index contributed by atoms with van der Waals surface area (Å²) in [5.41, 5.74) is 1.97. The van der Waals surface area contributed by atoms with E-state index in [1.54, 1.807) is 47.6 Å². The largest absolute Gasteiger partial charge is 0.495 e. The molecule has 0 bridgehead atoms. The molecule has 4 rings (SSSR count). The standard InChI is InChI=1S/C24H24ClN3O4S/c1-32-22-11-6-19(24(29)28(21-9-10-21)16-18-3-2-12-26-14-18)13-23(22)33(30,31)27-15-17-4-7-20(25)8-5-17/h2-8,11-14,21,27H,9-10,15-16H2,1H3. The third-order valence-corrected chi connectivity index (χ3v) is 7.08. The molecule has 7 nitrogen and oxygen atoms in total. The second kappa shape index (κ2) is 9.91. The Hall–Kier alpha value is -2.94. The number of halogens is 1. The summed E-state index contributed by atoms with van der Waals surface area (Å²) >= 11 is 5.89. The Morgan fingerprint density at radius 3 is 2.55 bits per heavy atom. The summed E-state index contributed by atoms with van der Waals surface area (Å²) in [4.78, 5) is 19.2. The molecule has 1 N–H and O–H groups in total. The molecule has 1 heterocycles. The zero-order valence-electron chi connectivity index (χ0n) is 18.1. The van der Waals surface area contributed by atoms with Gasteiger partial charge in [0.05, 0.1) is 7.11 Å². The number of benzene rings is 2. The van der Waals surface area contributed by atoms with Crippen molar-refractivity contribution in [2.75, 3.05) is 7.11 Å². The summed E-state index contributed by atoms with van der Waals surface area (Å²) in [7, 11) is -2.55. The summed E-state index contributed by atoms with van der Waals surface area (Å²) in [5, 5.41) is 0.570. The van der Waals surface area contributed by atoms with Crippen LogP contribution in [0.15, 0.2) is 71.9 Å². The Kier molecular flexibility index (Phi) is 6.97. The molecule has 0 saturated heterocycles. The number of nitrogens with one attached hydrogen (secondary N) is 1. The van der Waals surface area contributed by atoms with Crippen LogP contribution in [0.4, 0.5) is 0 Å². The molecule has 0 aliphatic heterocycles. The first kappa shape index (κ1) is 23.2. The van der Waals surface area contributed by atoms with Crippen molar-refractivity contribution in [3.05, 3.63) is 88.7 Å². The summed E-state index contributed by atoms with van der Waals surface area (Å²) in [6.07, 6.45) is 5.27. The van der Waals surface area contributed by atoms with Crippen LogP contribution in [-0.4, -0.2) is 37.4 Å². The lowest BCUT2D eigenvalue weighted by Crippen LogP contribution is -2.33. The van der Waals surface area contributed by atoms with E-state index < -0.39 is 10.0 Å². The van der Waals surface area contributed by atoms with Crippen LogP contribution in [0.5, 0.6) is 5.75 Å². The van der Waals surface area contributed by atoms with Crippen molar-refractivity contribution in [2.24, 2.45) is 0 Å². The Balaban J connectivity index is 1.58. The number of carbonyl (C=O) groups is 1. The third-order valence-electron chi connectivity index (χ3n) is 5.40. The molecule has 1 aliphatic rings. The van der Waals surface area contributed by atoms with Gasteiger partial charge in [0.2, 0.25) is 10.0 Å². The zero-order valence-corrected chi connectivity index (χ0v) is 19.6. The first-order valence-corrected chi connectivity index (χ1v) is 12.4.